The molecule has 22 heavy (non-hydrogen) atoms. The number of aromatic nitrogens is 3. The maximum atomic E-state index is 12.6. The zero-order chi connectivity index (χ0) is 15.7. The molecule has 2 heterocycles. The maximum absolute atomic E-state index is 12.6. The summed E-state index contributed by atoms with van der Waals surface area (Å²) < 4.78 is 37.8. The van der Waals surface area contributed by atoms with Gasteiger partial charge < -0.3 is 0 Å². The molecular weight excluding hydrogens is 291 g/mol. The Bertz CT molecular complexity index is 792. The second kappa shape index (κ2) is 5.29. The Labute approximate surface area is 124 Å². The van der Waals surface area contributed by atoms with Gasteiger partial charge in [-0.25, -0.2) is 0 Å². The van der Waals surface area contributed by atoms with Crippen LogP contribution in [0.1, 0.15) is 11.3 Å². The van der Waals surface area contributed by atoms with E-state index in [0.29, 0.717) is 5.69 Å². The van der Waals surface area contributed by atoms with Gasteiger partial charge in [-0.2, -0.15) is 18.3 Å². The molecule has 0 bridgehead atoms. The molecule has 6 heteroatoms. The monoisotopic (exact) mass is 303 g/mol. The van der Waals surface area contributed by atoms with Crippen molar-refractivity contribution in [3.05, 3.63) is 59.9 Å². The summed E-state index contributed by atoms with van der Waals surface area (Å²) in [5, 5.41) is 5.71. The molecule has 3 rings (SSSR count). The van der Waals surface area contributed by atoms with Crippen LogP contribution in [0.2, 0.25) is 0 Å². The lowest BCUT2D eigenvalue weighted by Gasteiger charge is -2.06. The Morgan fingerprint density at radius 2 is 1.73 bits per heavy atom. The van der Waals surface area contributed by atoms with E-state index in [0.717, 1.165) is 22.8 Å². The molecule has 3 nitrogen and oxygen atoms in total. The molecule has 0 unspecified atom stereocenters. The van der Waals surface area contributed by atoms with Crippen LogP contribution >= 0.6 is 0 Å². The molecule has 1 aromatic carbocycles. The molecular formula is C16H12F3N3. The van der Waals surface area contributed by atoms with Crippen LogP contribution < -0.4 is 0 Å². The van der Waals surface area contributed by atoms with Crippen molar-refractivity contribution in [2.24, 2.45) is 0 Å². The van der Waals surface area contributed by atoms with Crippen LogP contribution in [0.15, 0.2) is 48.7 Å². The molecule has 0 saturated carbocycles. The van der Waals surface area contributed by atoms with E-state index in [-0.39, 0.29) is 5.69 Å². The lowest BCUT2D eigenvalue weighted by atomic mass is 10.0. The zero-order valence-corrected chi connectivity index (χ0v) is 11.6. The van der Waals surface area contributed by atoms with Crippen molar-refractivity contribution in [1.82, 2.24) is 15.2 Å². The number of aromatic amines is 1. The van der Waals surface area contributed by atoms with Crippen LogP contribution in [-0.4, -0.2) is 15.2 Å². The van der Waals surface area contributed by atoms with Crippen LogP contribution in [-0.2, 0) is 6.18 Å². The topological polar surface area (TPSA) is 41.6 Å². The van der Waals surface area contributed by atoms with E-state index in [9.17, 15) is 13.2 Å². The van der Waals surface area contributed by atoms with E-state index in [1.165, 1.54) is 0 Å². The number of halogens is 3. The summed E-state index contributed by atoms with van der Waals surface area (Å²) in [4.78, 5) is 4.27. The number of nitrogens with zero attached hydrogens (tertiary/aromatic N) is 2. The smallest absolute Gasteiger partial charge is 0.273 e. The van der Waals surface area contributed by atoms with E-state index < -0.39 is 11.9 Å². The number of alkyl halides is 3. The van der Waals surface area contributed by atoms with Crippen molar-refractivity contribution in [3.63, 3.8) is 0 Å². The second-order valence-corrected chi connectivity index (χ2v) is 4.92. The quantitative estimate of drug-likeness (QED) is 0.759. The molecule has 0 spiro atoms. The summed E-state index contributed by atoms with van der Waals surface area (Å²) in [7, 11) is 0. The molecule has 112 valence electrons. The number of rotatable bonds is 2. The minimum atomic E-state index is -4.44. The Morgan fingerprint density at radius 1 is 1.00 bits per heavy atom. The molecule has 0 radical (unpaired) electrons. The van der Waals surface area contributed by atoms with Gasteiger partial charge in [0.05, 0.1) is 5.69 Å². The molecule has 1 N–H and O–H groups in total. The van der Waals surface area contributed by atoms with Crippen LogP contribution in [0.25, 0.3) is 22.5 Å². The van der Waals surface area contributed by atoms with E-state index in [1.54, 1.807) is 13.1 Å². The number of aryl methyl sites for hydroxylation is 1. The highest BCUT2D eigenvalue weighted by molar-refractivity contribution is 5.68. The predicted octanol–water partition coefficient (Wildman–Crippen LogP) is 4.47. The van der Waals surface area contributed by atoms with Gasteiger partial charge in [-0.1, -0.05) is 30.3 Å². The minimum absolute atomic E-state index is 0.185. The van der Waals surface area contributed by atoms with Crippen molar-refractivity contribution < 1.29 is 13.2 Å². The number of pyridine rings is 1. The first kappa shape index (κ1) is 14.3. The summed E-state index contributed by atoms with van der Waals surface area (Å²) in [6, 6.07) is 12.5. The summed E-state index contributed by atoms with van der Waals surface area (Å²) in [6.07, 6.45) is -2.80. The van der Waals surface area contributed by atoms with Gasteiger partial charge in [0, 0.05) is 11.8 Å². The van der Waals surface area contributed by atoms with Crippen LogP contribution in [0.5, 0.6) is 0 Å². The van der Waals surface area contributed by atoms with Crippen molar-refractivity contribution in [1.29, 1.82) is 0 Å². The van der Waals surface area contributed by atoms with Crippen molar-refractivity contribution in [3.8, 4) is 22.5 Å². The Balaban J connectivity index is 1.98. The number of benzene rings is 1. The van der Waals surface area contributed by atoms with Crippen LogP contribution in [0.3, 0.4) is 0 Å². The summed E-state index contributed by atoms with van der Waals surface area (Å²) in [6.45, 7) is 1.80. The predicted molar refractivity (Wildman–Crippen MR) is 77.0 cm³/mol. The average Bonchev–Trinajstić information content (AvgIpc) is 2.98. The van der Waals surface area contributed by atoms with Gasteiger partial charge in [-0.05, 0) is 30.2 Å². The number of hydrogen-bond donors (Lipinski definition) is 1. The highest BCUT2D eigenvalue weighted by Crippen LogP contribution is 2.31. The fourth-order valence-electron chi connectivity index (χ4n) is 2.22. The molecule has 0 atom stereocenters. The fraction of sp³-hybridized carbons (Fsp3) is 0.125. The van der Waals surface area contributed by atoms with Crippen LogP contribution in [0, 0.1) is 6.92 Å². The maximum Gasteiger partial charge on any atom is 0.432 e. The average molecular weight is 303 g/mol. The van der Waals surface area contributed by atoms with Gasteiger partial charge in [-0.15, -0.1) is 0 Å². The Morgan fingerprint density at radius 3 is 2.32 bits per heavy atom. The number of nitrogens with one attached hydrogen (secondary N) is 1. The molecule has 3 aromatic rings. The van der Waals surface area contributed by atoms with Gasteiger partial charge in [0.15, 0.2) is 0 Å². The van der Waals surface area contributed by atoms with Gasteiger partial charge in [0.1, 0.15) is 11.4 Å². The summed E-state index contributed by atoms with van der Waals surface area (Å²) >= 11 is 0. The summed E-state index contributed by atoms with van der Waals surface area (Å²) in [5.41, 5.74) is 2.42. The van der Waals surface area contributed by atoms with Gasteiger partial charge >= 0.3 is 6.18 Å². The van der Waals surface area contributed by atoms with Gasteiger partial charge in [0.2, 0.25) is 0 Å². The van der Waals surface area contributed by atoms with E-state index in [1.807, 2.05) is 41.5 Å². The summed E-state index contributed by atoms with van der Waals surface area (Å²) in [5.74, 6) is 0. The van der Waals surface area contributed by atoms with E-state index in [4.69, 9.17) is 0 Å². The molecule has 0 fully saturated rings. The number of hydrogen-bond acceptors (Lipinski definition) is 2. The Kier molecular flexibility index (Phi) is 3.44. The minimum Gasteiger partial charge on any atom is -0.273 e. The third kappa shape index (κ3) is 2.72. The molecule has 0 aliphatic carbocycles. The Hall–Kier alpha value is -2.63. The highest BCUT2D eigenvalue weighted by Gasteiger charge is 2.33. The SMILES string of the molecule is Cc1cc(-c2ccccc2)cnc1-c1cc(C(F)(F)F)[nH]n1. The van der Waals surface area contributed by atoms with Gasteiger partial charge in [0.25, 0.3) is 0 Å². The van der Waals surface area contributed by atoms with Crippen molar-refractivity contribution in [2.45, 2.75) is 13.1 Å². The molecule has 0 amide bonds. The standard InChI is InChI=1S/C16H12F3N3/c1-10-7-12(11-5-3-2-4-6-11)9-20-15(10)13-8-14(22-21-13)16(17,18)19/h2-9H,1H3,(H,21,22). The zero-order valence-electron chi connectivity index (χ0n) is 11.6. The number of H-pyrrole nitrogens is 1. The van der Waals surface area contributed by atoms with Crippen molar-refractivity contribution >= 4 is 0 Å². The van der Waals surface area contributed by atoms with Crippen molar-refractivity contribution in [2.75, 3.05) is 0 Å². The third-order valence-electron chi connectivity index (χ3n) is 3.31. The first-order valence-electron chi connectivity index (χ1n) is 6.60. The highest BCUT2D eigenvalue weighted by atomic mass is 19.4. The fourth-order valence-corrected chi connectivity index (χ4v) is 2.22. The van der Waals surface area contributed by atoms with Crippen LogP contribution in [0.4, 0.5) is 13.2 Å². The van der Waals surface area contributed by atoms with E-state index >= 15 is 0 Å². The lowest BCUT2D eigenvalue weighted by molar-refractivity contribution is -0.141. The second-order valence-electron chi connectivity index (χ2n) is 4.92. The third-order valence-corrected chi connectivity index (χ3v) is 3.31. The normalized spacial score (nSPS) is 11.6. The lowest BCUT2D eigenvalue weighted by Crippen LogP contribution is -2.04. The first-order valence-corrected chi connectivity index (χ1v) is 6.60. The molecule has 2 aromatic heterocycles. The molecule has 0 aliphatic heterocycles. The molecule has 0 aliphatic rings. The van der Waals surface area contributed by atoms with Gasteiger partial charge in [-0.3, -0.25) is 10.1 Å². The largest absolute Gasteiger partial charge is 0.432 e. The molecule has 0 saturated heterocycles. The van der Waals surface area contributed by atoms with E-state index in [2.05, 4.69) is 10.1 Å². The first-order chi connectivity index (χ1) is 10.4.